The summed E-state index contributed by atoms with van der Waals surface area (Å²) in [6.45, 7) is 5.05. The van der Waals surface area contributed by atoms with E-state index in [1.54, 1.807) is 6.07 Å². The molecule has 1 N–H and O–H groups in total. The molecule has 1 aromatic rings. The average molecular weight is 391 g/mol. The molecule has 0 atom stereocenters. The molecule has 0 spiro atoms. The van der Waals surface area contributed by atoms with Crippen molar-refractivity contribution in [2.24, 2.45) is 0 Å². The van der Waals surface area contributed by atoms with Gasteiger partial charge in [-0.1, -0.05) is 26.7 Å². The minimum absolute atomic E-state index is 0.0418. The Morgan fingerprint density at radius 1 is 1.18 bits per heavy atom. The minimum atomic E-state index is -0.745. The summed E-state index contributed by atoms with van der Waals surface area (Å²) in [7, 11) is 0. The maximum atomic E-state index is 12.3. The lowest BCUT2D eigenvalue weighted by Crippen LogP contribution is -2.36. The van der Waals surface area contributed by atoms with Crippen molar-refractivity contribution >= 4 is 23.3 Å². The van der Waals surface area contributed by atoms with E-state index in [0.717, 1.165) is 51.6 Å². The van der Waals surface area contributed by atoms with Crippen molar-refractivity contribution in [1.29, 1.82) is 0 Å². The van der Waals surface area contributed by atoms with Crippen molar-refractivity contribution in [2.75, 3.05) is 24.6 Å². The van der Waals surface area contributed by atoms with E-state index in [-0.39, 0.29) is 23.2 Å². The number of carbonyl (C=O) groups is 2. The Morgan fingerprint density at radius 2 is 1.82 bits per heavy atom. The molecule has 1 aromatic carbocycles. The number of rotatable bonds is 8. The maximum Gasteiger partial charge on any atom is 0.338 e. The van der Waals surface area contributed by atoms with Gasteiger partial charge in [0.05, 0.1) is 10.5 Å². The van der Waals surface area contributed by atoms with Crippen molar-refractivity contribution in [3.05, 3.63) is 33.9 Å². The van der Waals surface area contributed by atoms with Crippen molar-refractivity contribution in [3.63, 3.8) is 0 Å². The van der Waals surface area contributed by atoms with E-state index in [9.17, 15) is 19.7 Å². The van der Waals surface area contributed by atoms with Crippen molar-refractivity contribution < 1.29 is 19.2 Å². The maximum absolute atomic E-state index is 12.3. The average Bonchev–Trinajstić information content (AvgIpc) is 2.99. The van der Waals surface area contributed by atoms with Crippen LogP contribution in [0.25, 0.3) is 0 Å². The lowest BCUT2D eigenvalue weighted by Gasteiger charge is -2.22. The van der Waals surface area contributed by atoms with Crippen LogP contribution in [0.3, 0.4) is 0 Å². The van der Waals surface area contributed by atoms with Crippen LogP contribution in [0.15, 0.2) is 18.2 Å². The fraction of sp³-hybridized carbons (Fsp3) is 0.600. The first-order chi connectivity index (χ1) is 13.5. The summed E-state index contributed by atoms with van der Waals surface area (Å²) in [5, 5.41) is 14.3. The monoisotopic (exact) mass is 391 g/mol. The number of nitro benzene ring substituents is 1. The summed E-state index contributed by atoms with van der Waals surface area (Å²) in [4.78, 5) is 37.2. The van der Waals surface area contributed by atoms with Gasteiger partial charge in [-0.25, -0.2) is 4.79 Å². The molecule has 154 valence electrons. The Balaban J connectivity index is 2.06. The number of hydrogen-bond acceptors (Lipinski definition) is 6. The highest BCUT2D eigenvalue weighted by atomic mass is 16.6. The molecule has 8 nitrogen and oxygen atoms in total. The molecule has 0 aromatic heterocycles. The van der Waals surface area contributed by atoms with E-state index >= 15 is 0 Å². The molecule has 0 saturated carbocycles. The van der Waals surface area contributed by atoms with Gasteiger partial charge in [0.2, 0.25) is 0 Å². The summed E-state index contributed by atoms with van der Waals surface area (Å²) in [5.41, 5.74) is 0.480. The van der Waals surface area contributed by atoms with E-state index < -0.39 is 17.5 Å². The summed E-state index contributed by atoms with van der Waals surface area (Å²) < 4.78 is 5.03. The second-order valence-corrected chi connectivity index (χ2v) is 7.02. The molecule has 8 heteroatoms. The van der Waals surface area contributed by atoms with Gasteiger partial charge in [-0.05, 0) is 37.8 Å². The topological polar surface area (TPSA) is 102 Å². The van der Waals surface area contributed by atoms with Gasteiger partial charge in [0.1, 0.15) is 5.69 Å². The largest absolute Gasteiger partial charge is 0.452 e. The third-order valence-corrected chi connectivity index (χ3v) is 5.04. The number of anilines is 1. The summed E-state index contributed by atoms with van der Waals surface area (Å²) >= 11 is 0. The Bertz CT molecular complexity index is 695. The van der Waals surface area contributed by atoms with Crippen LogP contribution in [0.4, 0.5) is 11.4 Å². The smallest absolute Gasteiger partial charge is 0.338 e. The molecule has 0 bridgehead atoms. The number of nitrogens with one attached hydrogen (secondary N) is 1. The summed E-state index contributed by atoms with van der Waals surface area (Å²) in [5.74, 6) is -1.12. The number of ether oxygens (including phenoxy) is 1. The molecule has 1 aliphatic rings. The van der Waals surface area contributed by atoms with Gasteiger partial charge in [0.25, 0.3) is 11.6 Å². The zero-order chi connectivity index (χ0) is 20.5. The highest BCUT2D eigenvalue weighted by Gasteiger charge is 2.23. The van der Waals surface area contributed by atoms with E-state index in [4.69, 9.17) is 4.74 Å². The van der Waals surface area contributed by atoms with Crippen LogP contribution in [0, 0.1) is 10.1 Å². The Morgan fingerprint density at radius 3 is 2.39 bits per heavy atom. The van der Waals surface area contributed by atoms with Gasteiger partial charge < -0.3 is 15.0 Å². The van der Waals surface area contributed by atoms with Crippen LogP contribution < -0.4 is 10.2 Å². The first-order valence-corrected chi connectivity index (χ1v) is 9.96. The molecular formula is C20H29N3O5. The highest BCUT2D eigenvalue weighted by Crippen LogP contribution is 2.31. The fourth-order valence-electron chi connectivity index (χ4n) is 3.35. The van der Waals surface area contributed by atoms with Gasteiger partial charge in [-0.2, -0.15) is 0 Å². The number of nitro groups is 1. The molecular weight excluding hydrogens is 362 g/mol. The number of esters is 1. The van der Waals surface area contributed by atoms with Crippen molar-refractivity contribution in [2.45, 2.75) is 58.4 Å². The van der Waals surface area contributed by atoms with E-state index in [1.165, 1.54) is 12.1 Å². The molecule has 28 heavy (non-hydrogen) atoms. The Hall–Kier alpha value is -2.64. The lowest BCUT2D eigenvalue weighted by molar-refractivity contribution is -0.384. The van der Waals surface area contributed by atoms with E-state index in [1.807, 2.05) is 18.7 Å². The molecule has 1 saturated heterocycles. The third-order valence-electron chi connectivity index (χ3n) is 5.04. The van der Waals surface area contributed by atoms with Gasteiger partial charge >= 0.3 is 5.97 Å². The zero-order valence-corrected chi connectivity index (χ0v) is 16.6. The Kier molecular flexibility index (Phi) is 8.22. The summed E-state index contributed by atoms with van der Waals surface area (Å²) in [6.07, 6.45) is 5.81. The molecule has 2 rings (SSSR count). The summed E-state index contributed by atoms with van der Waals surface area (Å²) in [6, 6.07) is 4.40. The number of amides is 1. The van der Waals surface area contributed by atoms with Crippen LogP contribution in [-0.2, 0) is 9.53 Å². The normalized spacial score (nSPS) is 14.5. The molecule has 1 fully saturated rings. The fourth-order valence-corrected chi connectivity index (χ4v) is 3.35. The first kappa shape index (κ1) is 21.7. The number of nitrogens with zero attached hydrogens (tertiary/aromatic N) is 2. The standard InChI is InChI=1S/C20H29N3O5/c1-3-16(4-2)21-19(24)14-28-20(25)15-9-10-17(18(13-15)23(26)27)22-11-7-5-6-8-12-22/h9-10,13,16H,3-8,11-12,14H2,1-2H3,(H,21,24). The molecule has 1 aliphatic heterocycles. The first-order valence-electron chi connectivity index (χ1n) is 9.96. The molecule has 1 heterocycles. The third kappa shape index (κ3) is 5.94. The van der Waals surface area contributed by atoms with Crippen LogP contribution in [0.1, 0.15) is 62.7 Å². The predicted molar refractivity (Wildman–Crippen MR) is 107 cm³/mol. The SMILES string of the molecule is CCC(CC)NC(=O)COC(=O)c1ccc(N2CCCCCC2)c([N+](=O)[O-])c1. The molecule has 0 aliphatic carbocycles. The van der Waals surface area contributed by atoms with Crippen LogP contribution in [0.5, 0.6) is 0 Å². The van der Waals surface area contributed by atoms with E-state index in [0.29, 0.717) is 5.69 Å². The lowest BCUT2D eigenvalue weighted by atomic mass is 10.1. The van der Waals surface area contributed by atoms with Crippen LogP contribution >= 0.6 is 0 Å². The Labute approximate surface area is 165 Å². The molecule has 0 unspecified atom stereocenters. The molecule has 1 amide bonds. The van der Waals surface area contributed by atoms with Crippen LogP contribution in [-0.4, -0.2) is 42.5 Å². The predicted octanol–water partition coefficient (Wildman–Crippen LogP) is 3.44. The number of benzene rings is 1. The highest BCUT2D eigenvalue weighted by molar-refractivity contribution is 5.93. The van der Waals surface area contributed by atoms with Gasteiger partial charge in [-0.3, -0.25) is 14.9 Å². The quantitative estimate of drug-likeness (QED) is 0.414. The number of hydrogen-bond donors (Lipinski definition) is 1. The van der Waals surface area contributed by atoms with Gasteiger partial charge in [0.15, 0.2) is 6.61 Å². The van der Waals surface area contributed by atoms with Crippen molar-refractivity contribution in [3.8, 4) is 0 Å². The minimum Gasteiger partial charge on any atom is -0.452 e. The van der Waals surface area contributed by atoms with Gasteiger partial charge in [0, 0.05) is 25.2 Å². The van der Waals surface area contributed by atoms with Crippen LogP contribution in [0.2, 0.25) is 0 Å². The van der Waals surface area contributed by atoms with E-state index in [2.05, 4.69) is 5.32 Å². The zero-order valence-electron chi connectivity index (χ0n) is 16.6. The number of carbonyl (C=O) groups excluding carboxylic acids is 2. The van der Waals surface area contributed by atoms with Gasteiger partial charge in [-0.15, -0.1) is 0 Å². The second-order valence-electron chi connectivity index (χ2n) is 7.02. The molecule has 0 radical (unpaired) electrons. The second kappa shape index (κ2) is 10.6. The van der Waals surface area contributed by atoms with Crippen molar-refractivity contribution in [1.82, 2.24) is 5.32 Å².